The second kappa shape index (κ2) is 7.61. The Kier molecular flexibility index (Phi) is 4.75. The van der Waals surface area contributed by atoms with Crippen LogP contribution in [-0.2, 0) is 6.42 Å². The van der Waals surface area contributed by atoms with Crippen molar-refractivity contribution in [2.24, 2.45) is 11.0 Å². The second-order valence-corrected chi connectivity index (χ2v) is 8.26. The van der Waals surface area contributed by atoms with Gasteiger partial charge in [-0.2, -0.15) is 10.4 Å². The summed E-state index contributed by atoms with van der Waals surface area (Å²) in [6.45, 7) is 1.90. The van der Waals surface area contributed by atoms with Crippen LogP contribution in [0.1, 0.15) is 50.6 Å². The first-order valence-electron chi connectivity index (χ1n) is 10.5. The number of nitrogens with zero attached hydrogens (tertiary/aromatic N) is 3. The molecule has 1 N–H and O–H groups in total. The summed E-state index contributed by atoms with van der Waals surface area (Å²) < 4.78 is 13.6. The Morgan fingerprint density at radius 3 is 2.62 bits per heavy atom. The first kappa shape index (κ1) is 20.0. The van der Waals surface area contributed by atoms with Gasteiger partial charge in [0.05, 0.1) is 34.6 Å². The number of nitriles is 1. The van der Waals surface area contributed by atoms with Gasteiger partial charge in [0.2, 0.25) is 0 Å². The molecular weight excluding hydrogens is 405 g/mol. The number of aromatic carboxylic acids is 1. The van der Waals surface area contributed by atoms with Gasteiger partial charge in [-0.05, 0) is 78.9 Å². The number of fused-ring (bicyclic) bond motifs is 3. The fraction of sp³-hybridized carbons (Fsp3) is 0.192. The Morgan fingerprint density at radius 2 is 1.94 bits per heavy atom. The lowest BCUT2D eigenvalue weighted by atomic mass is 9.77. The minimum atomic E-state index is -0.942. The van der Waals surface area contributed by atoms with E-state index in [0.29, 0.717) is 5.56 Å². The highest BCUT2D eigenvalue weighted by molar-refractivity contribution is 6.07. The van der Waals surface area contributed by atoms with E-state index in [0.717, 1.165) is 46.5 Å². The van der Waals surface area contributed by atoms with Crippen LogP contribution in [0.3, 0.4) is 0 Å². The number of carboxylic acids is 1. The third-order valence-electron chi connectivity index (χ3n) is 6.37. The van der Waals surface area contributed by atoms with E-state index in [2.05, 4.69) is 6.07 Å². The van der Waals surface area contributed by atoms with Crippen molar-refractivity contribution in [1.82, 2.24) is 0 Å². The molecule has 0 bridgehead atoms. The fourth-order valence-electron chi connectivity index (χ4n) is 4.78. The van der Waals surface area contributed by atoms with Gasteiger partial charge in [-0.15, -0.1) is 0 Å². The number of benzene rings is 3. The van der Waals surface area contributed by atoms with E-state index in [1.165, 1.54) is 12.1 Å². The third kappa shape index (κ3) is 3.23. The Labute approximate surface area is 185 Å². The van der Waals surface area contributed by atoms with Gasteiger partial charge in [-0.1, -0.05) is 18.2 Å². The monoisotopic (exact) mass is 425 g/mol. The lowest BCUT2D eigenvalue weighted by Gasteiger charge is -2.31. The van der Waals surface area contributed by atoms with Crippen LogP contribution in [-0.4, -0.2) is 16.8 Å². The van der Waals surface area contributed by atoms with Gasteiger partial charge in [0.15, 0.2) is 0 Å². The summed E-state index contributed by atoms with van der Waals surface area (Å²) in [5, 5.41) is 25.6. The molecule has 1 aliphatic carbocycles. The summed E-state index contributed by atoms with van der Waals surface area (Å²) in [6.07, 6.45) is 1.56. The Hall–Kier alpha value is -3.98. The zero-order chi connectivity index (χ0) is 22.4. The number of hydrazone groups is 1. The molecule has 5 nitrogen and oxygen atoms in total. The number of hydrogen-bond donors (Lipinski definition) is 1. The van der Waals surface area contributed by atoms with E-state index in [-0.39, 0.29) is 23.3 Å². The van der Waals surface area contributed by atoms with E-state index >= 15 is 0 Å². The van der Waals surface area contributed by atoms with Gasteiger partial charge in [-0.25, -0.2) is 9.18 Å². The van der Waals surface area contributed by atoms with Crippen molar-refractivity contribution >= 4 is 17.4 Å². The molecule has 2 atom stereocenters. The van der Waals surface area contributed by atoms with Gasteiger partial charge in [-0.3, -0.25) is 5.01 Å². The number of aryl methyl sites for hydroxylation is 2. The number of hydrogen-bond acceptors (Lipinski definition) is 4. The number of carbonyl (C=O) groups is 1. The lowest BCUT2D eigenvalue weighted by Crippen LogP contribution is -2.29. The highest BCUT2D eigenvalue weighted by atomic mass is 19.1. The van der Waals surface area contributed by atoms with Crippen LogP contribution >= 0.6 is 0 Å². The topological polar surface area (TPSA) is 76.7 Å². The minimum Gasteiger partial charge on any atom is -0.478 e. The van der Waals surface area contributed by atoms with E-state index < -0.39 is 5.97 Å². The summed E-state index contributed by atoms with van der Waals surface area (Å²) in [5.74, 6) is -1.15. The van der Waals surface area contributed by atoms with Crippen molar-refractivity contribution < 1.29 is 14.3 Å². The maximum Gasteiger partial charge on any atom is 0.335 e. The average molecular weight is 425 g/mol. The molecule has 0 radical (unpaired) electrons. The molecule has 2 aliphatic rings. The zero-order valence-electron chi connectivity index (χ0n) is 17.4. The normalized spacial score (nSPS) is 19.0. The van der Waals surface area contributed by atoms with Crippen LogP contribution < -0.4 is 5.01 Å². The predicted octanol–water partition coefficient (Wildman–Crippen LogP) is 5.23. The van der Waals surface area contributed by atoms with Crippen LogP contribution in [0.15, 0.2) is 65.8 Å². The van der Waals surface area contributed by atoms with Crippen LogP contribution in [0.4, 0.5) is 10.1 Å². The number of anilines is 1. The molecule has 158 valence electrons. The summed E-state index contributed by atoms with van der Waals surface area (Å²) >= 11 is 0. The van der Waals surface area contributed by atoms with Crippen molar-refractivity contribution in [3.05, 3.63) is 99.9 Å². The van der Waals surface area contributed by atoms with E-state index in [4.69, 9.17) is 5.10 Å². The molecular formula is C26H20FN3O2. The largest absolute Gasteiger partial charge is 0.478 e. The molecule has 3 aromatic rings. The predicted molar refractivity (Wildman–Crippen MR) is 119 cm³/mol. The van der Waals surface area contributed by atoms with Crippen LogP contribution in [0.25, 0.3) is 0 Å². The molecule has 0 saturated heterocycles. The maximum absolute atomic E-state index is 13.6. The van der Waals surface area contributed by atoms with Crippen LogP contribution in [0, 0.1) is 30.0 Å². The quantitative estimate of drug-likeness (QED) is 0.623. The van der Waals surface area contributed by atoms with Gasteiger partial charge in [0, 0.05) is 11.5 Å². The molecule has 1 aliphatic heterocycles. The fourth-order valence-corrected chi connectivity index (χ4v) is 4.78. The highest BCUT2D eigenvalue weighted by Crippen LogP contribution is 2.45. The number of halogens is 1. The molecule has 2 unspecified atom stereocenters. The maximum atomic E-state index is 13.6. The van der Waals surface area contributed by atoms with Gasteiger partial charge in [0.1, 0.15) is 5.82 Å². The Morgan fingerprint density at radius 1 is 1.16 bits per heavy atom. The first-order chi connectivity index (χ1) is 15.5. The van der Waals surface area contributed by atoms with Crippen molar-refractivity contribution in [2.75, 3.05) is 5.01 Å². The standard InChI is InChI=1S/C26H20FN3O2/c1-15-12-21(9-4-19(15)14-28)30-25(16-2-7-20(27)8-3-16)23-11-5-17-13-18(26(31)32)6-10-22(17)24(23)29-30/h2-4,6-10,12-13,23,25H,5,11H2,1H3,(H,31,32). The molecule has 3 aromatic carbocycles. The third-order valence-corrected chi connectivity index (χ3v) is 6.37. The smallest absolute Gasteiger partial charge is 0.335 e. The molecule has 0 aromatic heterocycles. The summed E-state index contributed by atoms with van der Waals surface area (Å²) in [4.78, 5) is 11.4. The SMILES string of the molecule is Cc1cc(N2N=C3c4ccc(C(=O)O)cc4CCC3C2c2ccc(F)cc2)ccc1C#N. The molecule has 1 heterocycles. The van der Waals surface area contributed by atoms with Crippen molar-refractivity contribution in [2.45, 2.75) is 25.8 Å². The number of rotatable bonds is 3. The van der Waals surface area contributed by atoms with Gasteiger partial charge >= 0.3 is 5.97 Å². The second-order valence-electron chi connectivity index (χ2n) is 8.26. The van der Waals surface area contributed by atoms with Crippen molar-refractivity contribution in [3.63, 3.8) is 0 Å². The average Bonchev–Trinajstić information content (AvgIpc) is 3.19. The van der Waals surface area contributed by atoms with Crippen LogP contribution in [0.5, 0.6) is 0 Å². The van der Waals surface area contributed by atoms with E-state index in [9.17, 15) is 19.6 Å². The molecule has 0 fully saturated rings. The minimum absolute atomic E-state index is 0.0830. The van der Waals surface area contributed by atoms with Crippen molar-refractivity contribution in [1.29, 1.82) is 5.26 Å². The van der Waals surface area contributed by atoms with E-state index in [1.807, 2.05) is 30.1 Å². The Bertz CT molecular complexity index is 1310. The molecule has 6 heteroatoms. The molecule has 0 spiro atoms. The highest BCUT2D eigenvalue weighted by Gasteiger charge is 2.42. The van der Waals surface area contributed by atoms with Gasteiger partial charge in [0.25, 0.3) is 0 Å². The Balaban J connectivity index is 1.64. The summed E-state index contributed by atoms with van der Waals surface area (Å²) in [6, 6.07) is 19.4. The van der Waals surface area contributed by atoms with Crippen LogP contribution in [0.2, 0.25) is 0 Å². The van der Waals surface area contributed by atoms with Crippen molar-refractivity contribution in [3.8, 4) is 6.07 Å². The summed E-state index contributed by atoms with van der Waals surface area (Å²) in [7, 11) is 0. The molecule has 32 heavy (non-hydrogen) atoms. The number of carboxylic acid groups (broad SMARTS) is 1. The molecule has 0 amide bonds. The summed E-state index contributed by atoms with van der Waals surface area (Å²) in [5.41, 5.74) is 6.44. The lowest BCUT2D eigenvalue weighted by molar-refractivity contribution is 0.0696. The first-order valence-corrected chi connectivity index (χ1v) is 10.5. The van der Waals surface area contributed by atoms with Gasteiger partial charge < -0.3 is 5.11 Å². The van der Waals surface area contributed by atoms with E-state index in [1.54, 1.807) is 30.3 Å². The molecule has 5 rings (SSSR count). The zero-order valence-corrected chi connectivity index (χ0v) is 17.4. The molecule has 0 saturated carbocycles.